The second-order valence-electron chi connectivity index (χ2n) is 8.08. The SMILES string of the molecule is COc1ccc(C(c2nnnn2C2CCCC2)N2CCc3ccccc3C2)cc1. The molecule has 0 saturated heterocycles. The highest BCUT2D eigenvalue weighted by Crippen LogP contribution is 2.36. The molecule has 1 aliphatic heterocycles. The number of hydrogen-bond acceptors (Lipinski definition) is 5. The van der Waals surface area contributed by atoms with Crippen LogP contribution >= 0.6 is 0 Å². The normalized spacial score (nSPS) is 18.5. The lowest BCUT2D eigenvalue weighted by atomic mass is 9.96. The molecule has 0 bridgehead atoms. The summed E-state index contributed by atoms with van der Waals surface area (Å²) in [6, 6.07) is 17.6. The smallest absolute Gasteiger partial charge is 0.173 e. The molecule has 1 atom stereocenters. The minimum Gasteiger partial charge on any atom is -0.497 e. The summed E-state index contributed by atoms with van der Waals surface area (Å²) < 4.78 is 7.48. The Balaban J connectivity index is 1.54. The van der Waals surface area contributed by atoms with Gasteiger partial charge in [0.05, 0.1) is 19.2 Å². The molecule has 1 fully saturated rings. The van der Waals surface area contributed by atoms with Gasteiger partial charge in [0.25, 0.3) is 0 Å². The topological polar surface area (TPSA) is 56.1 Å². The van der Waals surface area contributed by atoms with E-state index in [0.29, 0.717) is 6.04 Å². The van der Waals surface area contributed by atoms with E-state index < -0.39 is 0 Å². The number of ether oxygens (including phenoxy) is 1. The molecule has 0 radical (unpaired) electrons. The molecular weight excluding hydrogens is 362 g/mol. The average Bonchev–Trinajstić information content (AvgIpc) is 3.46. The molecule has 1 aromatic heterocycles. The van der Waals surface area contributed by atoms with E-state index in [2.05, 4.69) is 61.5 Å². The van der Waals surface area contributed by atoms with Crippen molar-refractivity contribution in [2.75, 3.05) is 13.7 Å². The third kappa shape index (κ3) is 3.53. The highest BCUT2D eigenvalue weighted by Gasteiger charge is 2.32. The maximum atomic E-state index is 5.38. The summed E-state index contributed by atoms with van der Waals surface area (Å²) in [7, 11) is 1.70. The Morgan fingerprint density at radius 3 is 2.52 bits per heavy atom. The fraction of sp³-hybridized carbons (Fsp3) is 0.435. The molecule has 2 heterocycles. The zero-order valence-corrected chi connectivity index (χ0v) is 16.9. The van der Waals surface area contributed by atoms with Gasteiger partial charge in [-0.2, -0.15) is 0 Å². The van der Waals surface area contributed by atoms with Gasteiger partial charge >= 0.3 is 0 Å². The van der Waals surface area contributed by atoms with Crippen molar-refractivity contribution in [1.29, 1.82) is 0 Å². The number of methoxy groups -OCH3 is 1. The van der Waals surface area contributed by atoms with E-state index >= 15 is 0 Å². The van der Waals surface area contributed by atoms with Crippen LogP contribution in [-0.2, 0) is 13.0 Å². The van der Waals surface area contributed by atoms with Gasteiger partial charge in [0.15, 0.2) is 5.82 Å². The molecule has 5 rings (SSSR count). The largest absolute Gasteiger partial charge is 0.497 e. The first-order chi connectivity index (χ1) is 14.3. The van der Waals surface area contributed by atoms with Gasteiger partial charge in [0.1, 0.15) is 5.75 Å². The second kappa shape index (κ2) is 7.95. The quantitative estimate of drug-likeness (QED) is 0.661. The van der Waals surface area contributed by atoms with E-state index in [1.807, 2.05) is 12.1 Å². The Kier molecular flexibility index (Phi) is 5.02. The van der Waals surface area contributed by atoms with E-state index in [0.717, 1.165) is 43.9 Å². The lowest BCUT2D eigenvalue weighted by Crippen LogP contribution is -2.36. The third-order valence-corrected chi connectivity index (χ3v) is 6.39. The van der Waals surface area contributed by atoms with Crippen LogP contribution in [0.3, 0.4) is 0 Å². The molecule has 0 spiro atoms. The number of benzene rings is 2. The van der Waals surface area contributed by atoms with Gasteiger partial charge < -0.3 is 4.74 Å². The second-order valence-corrected chi connectivity index (χ2v) is 8.08. The van der Waals surface area contributed by atoms with Crippen molar-refractivity contribution in [3.05, 3.63) is 71.0 Å². The van der Waals surface area contributed by atoms with Gasteiger partial charge in [-0.1, -0.05) is 49.2 Å². The summed E-state index contributed by atoms with van der Waals surface area (Å²) in [5.74, 6) is 1.83. The zero-order chi connectivity index (χ0) is 19.6. The van der Waals surface area contributed by atoms with Crippen LogP contribution in [0.1, 0.15) is 60.3 Å². The Bertz CT molecular complexity index is 961. The molecule has 2 aliphatic rings. The Morgan fingerprint density at radius 1 is 1.00 bits per heavy atom. The number of aromatic nitrogens is 4. The number of tetrazole rings is 1. The molecular formula is C23H27N5O. The maximum Gasteiger partial charge on any atom is 0.173 e. The summed E-state index contributed by atoms with van der Waals surface area (Å²) in [5, 5.41) is 13.1. The highest BCUT2D eigenvalue weighted by atomic mass is 16.5. The first-order valence-corrected chi connectivity index (χ1v) is 10.6. The van der Waals surface area contributed by atoms with E-state index in [1.165, 1.54) is 29.5 Å². The molecule has 2 aromatic carbocycles. The standard InChI is InChI=1S/C23H27N5O/c1-29-21-12-10-18(11-13-21)22(23-24-25-26-28(23)20-8-4-5-9-20)27-15-14-17-6-2-3-7-19(17)16-27/h2-3,6-7,10-13,20,22H,4-5,8-9,14-16H2,1H3. The molecule has 0 N–H and O–H groups in total. The van der Waals surface area contributed by atoms with E-state index in [4.69, 9.17) is 4.74 Å². The monoisotopic (exact) mass is 389 g/mol. The van der Waals surface area contributed by atoms with E-state index in [9.17, 15) is 0 Å². The van der Waals surface area contributed by atoms with Gasteiger partial charge in [-0.05, 0) is 58.5 Å². The third-order valence-electron chi connectivity index (χ3n) is 6.39. The Hall–Kier alpha value is -2.73. The van der Waals surface area contributed by atoms with Crippen molar-refractivity contribution >= 4 is 0 Å². The molecule has 0 amide bonds. The minimum atomic E-state index is 0.0323. The van der Waals surface area contributed by atoms with Crippen molar-refractivity contribution in [1.82, 2.24) is 25.1 Å². The number of hydrogen-bond donors (Lipinski definition) is 0. The molecule has 6 nitrogen and oxygen atoms in total. The van der Waals surface area contributed by atoms with Gasteiger partial charge in [0.2, 0.25) is 0 Å². The van der Waals surface area contributed by atoms with Crippen LogP contribution in [-0.4, -0.2) is 38.8 Å². The molecule has 29 heavy (non-hydrogen) atoms. The highest BCUT2D eigenvalue weighted by molar-refractivity contribution is 5.34. The number of rotatable bonds is 5. The fourth-order valence-corrected chi connectivity index (χ4v) is 4.84. The van der Waals surface area contributed by atoms with Gasteiger partial charge in [-0.15, -0.1) is 5.10 Å². The lowest BCUT2D eigenvalue weighted by Gasteiger charge is -2.35. The van der Waals surface area contributed by atoms with Crippen molar-refractivity contribution in [3.8, 4) is 5.75 Å². The van der Waals surface area contributed by atoms with Crippen LogP contribution in [0, 0.1) is 0 Å². The molecule has 1 aliphatic carbocycles. The van der Waals surface area contributed by atoms with Crippen LogP contribution < -0.4 is 4.74 Å². The van der Waals surface area contributed by atoms with Crippen LogP contribution in [0.15, 0.2) is 48.5 Å². The first kappa shape index (κ1) is 18.3. The van der Waals surface area contributed by atoms with Crippen LogP contribution in [0.4, 0.5) is 0 Å². The van der Waals surface area contributed by atoms with Crippen molar-refractivity contribution in [2.24, 2.45) is 0 Å². The predicted octanol–water partition coefficient (Wildman–Crippen LogP) is 3.94. The van der Waals surface area contributed by atoms with Crippen LogP contribution in [0.5, 0.6) is 5.75 Å². The zero-order valence-electron chi connectivity index (χ0n) is 16.9. The van der Waals surface area contributed by atoms with Gasteiger partial charge in [0, 0.05) is 13.1 Å². The van der Waals surface area contributed by atoms with Gasteiger partial charge in [-0.25, -0.2) is 4.68 Å². The summed E-state index contributed by atoms with van der Waals surface area (Å²) in [6.07, 6.45) is 5.89. The summed E-state index contributed by atoms with van der Waals surface area (Å²) >= 11 is 0. The van der Waals surface area contributed by atoms with E-state index in [1.54, 1.807) is 7.11 Å². The summed E-state index contributed by atoms with van der Waals surface area (Å²) in [5.41, 5.74) is 4.06. The summed E-state index contributed by atoms with van der Waals surface area (Å²) in [4.78, 5) is 2.52. The number of nitrogens with zero attached hydrogens (tertiary/aromatic N) is 5. The van der Waals surface area contributed by atoms with Crippen molar-refractivity contribution < 1.29 is 4.74 Å². The lowest BCUT2D eigenvalue weighted by molar-refractivity contribution is 0.191. The average molecular weight is 390 g/mol. The molecule has 3 aromatic rings. The van der Waals surface area contributed by atoms with E-state index in [-0.39, 0.29) is 6.04 Å². The Morgan fingerprint density at radius 2 is 1.76 bits per heavy atom. The van der Waals surface area contributed by atoms with Crippen LogP contribution in [0.25, 0.3) is 0 Å². The maximum absolute atomic E-state index is 5.38. The molecule has 1 saturated carbocycles. The summed E-state index contributed by atoms with van der Waals surface area (Å²) in [6.45, 7) is 1.90. The van der Waals surface area contributed by atoms with Gasteiger partial charge in [-0.3, -0.25) is 4.90 Å². The number of fused-ring (bicyclic) bond motifs is 1. The van der Waals surface area contributed by atoms with Crippen LogP contribution in [0.2, 0.25) is 0 Å². The fourth-order valence-electron chi connectivity index (χ4n) is 4.84. The first-order valence-electron chi connectivity index (χ1n) is 10.6. The van der Waals surface area contributed by atoms with Crippen molar-refractivity contribution in [2.45, 2.75) is 50.7 Å². The van der Waals surface area contributed by atoms with Crippen molar-refractivity contribution in [3.63, 3.8) is 0 Å². The molecule has 1 unspecified atom stereocenters. The minimum absolute atomic E-state index is 0.0323. The Labute approximate surface area is 171 Å². The molecule has 150 valence electrons. The predicted molar refractivity (Wildman–Crippen MR) is 111 cm³/mol. The molecule has 6 heteroatoms.